The van der Waals surface area contributed by atoms with Gasteiger partial charge >= 0.3 is 0 Å². The smallest absolute Gasteiger partial charge is 0.251 e. The van der Waals surface area contributed by atoms with E-state index in [9.17, 15) is 13.2 Å². The molecule has 0 radical (unpaired) electrons. The molecular weight excluding hydrogens is 376 g/mol. The Labute approximate surface area is 158 Å². The minimum absolute atomic E-state index is 0.164. The highest BCUT2D eigenvalue weighted by Crippen LogP contribution is 2.14. The molecule has 0 spiro atoms. The van der Waals surface area contributed by atoms with Crippen molar-refractivity contribution in [2.24, 2.45) is 0 Å². The van der Waals surface area contributed by atoms with Crippen LogP contribution in [0.25, 0.3) is 0 Å². The Bertz CT molecular complexity index is 854. The summed E-state index contributed by atoms with van der Waals surface area (Å²) in [7, 11) is -1.85. The molecule has 0 fully saturated rings. The molecule has 0 aromatic heterocycles. The molecule has 140 valence electrons. The number of carbonyl (C=O) groups excluding carboxylic acids is 1. The first-order valence-electron chi connectivity index (χ1n) is 7.91. The second-order valence-corrected chi connectivity index (χ2v) is 8.13. The predicted octanol–water partition coefficient (Wildman–Crippen LogP) is 2.54. The normalized spacial score (nSPS) is 11.4. The number of nitrogens with one attached hydrogen (secondary N) is 1. The van der Waals surface area contributed by atoms with Crippen molar-refractivity contribution >= 4 is 27.5 Å². The summed E-state index contributed by atoms with van der Waals surface area (Å²) in [5.41, 5.74) is 1.26. The average molecular weight is 397 g/mol. The molecule has 6 nitrogen and oxygen atoms in total. The molecule has 0 aliphatic rings. The largest absolute Gasteiger partial charge is 0.497 e. The first-order valence-corrected chi connectivity index (χ1v) is 10.1. The molecule has 0 bridgehead atoms. The number of ether oxygens (including phenoxy) is 1. The summed E-state index contributed by atoms with van der Waals surface area (Å²) < 4.78 is 30.4. The van der Waals surface area contributed by atoms with Crippen LogP contribution >= 0.6 is 11.6 Å². The number of rotatable bonds is 8. The van der Waals surface area contributed by atoms with E-state index in [0.29, 0.717) is 16.3 Å². The Kier molecular flexibility index (Phi) is 7.02. The number of carbonyl (C=O) groups is 1. The summed E-state index contributed by atoms with van der Waals surface area (Å²) in [5.74, 6) is 0.402. The number of methoxy groups -OCH3 is 1. The van der Waals surface area contributed by atoms with Crippen LogP contribution < -0.4 is 10.1 Å². The molecule has 2 rings (SSSR count). The van der Waals surface area contributed by atoms with Crippen LogP contribution in [0.5, 0.6) is 5.75 Å². The zero-order valence-electron chi connectivity index (χ0n) is 14.6. The van der Waals surface area contributed by atoms with Gasteiger partial charge in [0.05, 0.1) is 13.4 Å². The topological polar surface area (TPSA) is 75.7 Å². The summed E-state index contributed by atoms with van der Waals surface area (Å²) in [6.07, 6.45) is 1.15. The number of hydrogen-bond acceptors (Lipinski definition) is 4. The van der Waals surface area contributed by atoms with Crippen molar-refractivity contribution in [1.29, 1.82) is 0 Å². The van der Waals surface area contributed by atoms with Gasteiger partial charge in [0.15, 0.2) is 0 Å². The number of nitrogens with zero attached hydrogens (tertiary/aromatic N) is 1. The van der Waals surface area contributed by atoms with Crippen LogP contribution in [-0.4, -0.2) is 45.1 Å². The monoisotopic (exact) mass is 396 g/mol. The summed E-state index contributed by atoms with van der Waals surface area (Å²) in [6, 6.07) is 13.7. The van der Waals surface area contributed by atoms with E-state index in [-0.39, 0.29) is 25.5 Å². The first-order chi connectivity index (χ1) is 12.3. The SMILES string of the molecule is COc1ccc(CN(CCNC(=O)c2cccc(Cl)c2)S(C)(=O)=O)cc1. The van der Waals surface area contributed by atoms with Gasteiger partial charge in [-0.05, 0) is 35.9 Å². The molecule has 0 atom stereocenters. The standard InChI is InChI=1S/C18H21ClN2O4S/c1-25-17-8-6-14(7-9-17)13-21(26(2,23)24)11-10-20-18(22)15-4-3-5-16(19)12-15/h3-9,12H,10-11,13H2,1-2H3,(H,20,22). The second-order valence-electron chi connectivity index (χ2n) is 5.71. The fraction of sp³-hybridized carbons (Fsp3) is 0.278. The molecule has 2 aromatic carbocycles. The van der Waals surface area contributed by atoms with Gasteiger partial charge in [-0.3, -0.25) is 4.79 Å². The van der Waals surface area contributed by atoms with Crippen LogP contribution in [0.3, 0.4) is 0 Å². The van der Waals surface area contributed by atoms with Gasteiger partial charge in [-0.2, -0.15) is 4.31 Å². The highest BCUT2D eigenvalue weighted by Gasteiger charge is 2.17. The van der Waals surface area contributed by atoms with Gasteiger partial charge in [0, 0.05) is 30.2 Å². The van der Waals surface area contributed by atoms with Gasteiger partial charge in [-0.15, -0.1) is 0 Å². The van der Waals surface area contributed by atoms with Gasteiger partial charge < -0.3 is 10.1 Å². The maximum atomic E-state index is 12.1. The van der Waals surface area contributed by atoms with E-state index in [0.717, 1.165) is 11.8 Å². The second kappa shape index (κ2) is 9.02. The number of benzene rings is 2. The number of halogens is 1. The van der Waals surface area contributed by atoms with Crippen molar-refractivity contribution < 1.29 is 17.9 Å². The highest BCUT2D eigenvalue weighted by atomic mass is 35.5. The van der Waals surface area contributed by atoms with E-state index in [4.69, 9.17) is 16.3 Å². The Morgan fingerprint density at radius 3 is 2.46 bits per heavy atom. The minimum Gasteiger partial charge on any atom is -0.497 e. The van der Waals surface area contributed by atoms with Gasteiger partial charge in [0.1, 0.15) is 5.75 Å². The minimum atomic E-state index is -3.42. The van der Waals surface area contributed by atoms with E-state index in [1.807, 2.05) is 12.1 Å². The van der Waals surface area contributed by atoms with Crippen molar-refractivity contribution in [1.82, 2.24) is 9.62 Å². The average Bonchev–Trinajstić information content (AvgIpc) is 2.60. The number of hydrogen-bond donors (Lipinski definition) is 1. The van der Waals surface area contributed by atoms with Crippen LogP contribution in [0.2, 0.25) is 5.02 Å². The Hall–Kier alpha value is -2.09. The molecule has 1 N–H and O–H groups in total. The first kappa shape index (κ1) is 20.2. The lowest BCUT2D eigenvalue weighted by Crippen LogP contribution is -2.37. The third-order valence-corrected chi connectivity index (χ3v) is 5.21. The van der Waals surface area contributed by atoms with Crippen LogP contribution in [0.15, 0.2) is 48.5 Å². The van der Waals surface area contributed by atoms with E-state index < -0.39 is 10.0 Å². The number of sulfonamides is 1. The van der Waals surface area contributed by atoms with Crippen LogP contribution in [-0.2, 0) is 16.6 Å². The van der Waals surface area contributed by atoms with Gasteiger partial charge in [0.25, 0.3) is 5.91 Å². The molecule has 0 aliphatic heterocycles. The van der Waals surface area contributed by atoms with Crippen LogP contribution in [0.4, 0.5) is 0 Å². The molecule has 0 saturated heterocycles. The van der Waals surface area contributed by atoms with Gasteiger partial charge in [0.2, 0.25) is 10.0 Å². The van der Waals surface area contributed by atoms with E-state index >= 15 is 0 Å². The maximum Gasteiger partial charge on any atom is 0.251 e. The molecular formula is C18H21ClN2O4S. The summed E-state index contributed by atoms with van der Waals surface area (Å²) in [6.45, 7) is 0.571. The predicted molar refractivity (Wildman–Crippen MR) is 102 cm³/mol. The third-order valence-electron chi connectivity index (χ3n) is 3.72. The van der Waals surface area contributed by atoms with Gasteiger partial charge in [-0.1, -0.05) is 29.8 Å². The Morgan fingerprint density at radius 1 is 1.19 bits per heavy atom. The summed E-state index contributed by atoms with van der Waals surface area (Å²) in [4.78, 5) is 12.1. The molecule has 26 heavy (non-hydrogen) atoms. The van der Waals surface area contributed by atoms with Crippen LogP contribution in [0.1, 0.15) is 15.9 Å². The summed E-state index contributed by atoms with van der Waals surface area (Å²) >= 11 is 5.87. The number of amides is 1. The van der Waals surface area contributed by atoms with E-state index in [1.165, 1.54) is 4.31 Å². The zero-order valence-corrected chi connectivity index (χ0v) is 16.2. The molecule has 2 aromatic rings. The molecule has 8 heteroatoms. The van der Waals surface area contributed by atoms with Crippen molar-refractivity contribution in [2.45, 2.75) is 6.54 Å². The van der Waals surface area contributed by atoms with Crippen molar-refractivity contribution in [2.75, 3.05) is 26.5 Å². The lowest BCUT2D eigenvalue weighted by atomic mass is 10.2. The lowest BCUT2D eigenvalue weighted by Gasteiger charge is -2.20. The fourth-order valence-corrected chi connectivity index (χ4v) is 3.32. The lowest BCUT2D eigenvalue weighted by molar-refractivity contribution is 0.0951. The van der Waals surface area contributed by atoms with Crippen LogP contribution in [0, 0.1) is 0 Å². The van der Waals surface area contributed by atoms with E-state index in [2.05, 4.69) is 5.32 Å². The molecule has 0 unspecified atom stereocenters. The van der Waals surface area contributed by atoms with Crippen molar-refractivity contribution in [3.05, 3.63) is 64.7 Å². The Balaban J connectivity index is 1.96. The zero-order chi connectivity index (χ0) is 19.2. The Morgan fingerprint density at radius 2 is 1.88 bits per heavy atom. The molecule has 0 saturated carbocycles. The maximum absolute atomic E-state index is 12.1. The van der Waals surface area contributed by atoms with E-state index in [1.54, 1.807) is 43.5 Å². The van der Waals surface area contributed by atoms with Gasteiger partial charge in [-0.25, -0.2) is 8.42 Å². The highest BCUT2D eigenvalue weighted by molar-refractivity contribution is 7.88. The van der Waals surface area contributed by atoms with Crippen molar-refractivity contribution in [3.8, 4) is 5.75 Å². The summed E-state index contributed by atoms with van der Waals surface area (Å²) in [5, 5.41) is 3.18. The molecule has 0 heterocycles. The fourth-order valence-electron chi connectivity index (χ4n) is 2.32. The third kappa shape index (κ3) is 6.01. The van der Waals surface area contributed by atoms with Crippen molar-refractivity contribution in [3.63, 3.8) is 0 Å². The molecule has 0 aliphatic carbocycles. The molecule has 1 amide bonds. The quantitative estimate of drug-likeness (QED) is 0.744.